The van der Waals surface area contributed by atoms with Gasteiger partial charge in [-0.25, -0.2) is 8.42 Å². The van der Waals surface area contributed by atoms with Crippen molar-refractivity contribution in [3.63, 3.8) is 0 Å². The lowest BCUT2D eigenvalue weighted by molar-refractivity contribution is -0.137. The first-order valence-corrected chi connectivity index (χ1v) is 10.4. The molecule has 2 rings (SSSR count). The highest BCUT2D eigenvalue weighted by Crippen LogP contribution is 2.28. The van der Waals surface area contributed by atoms with Crippen molar-refractivity contribution in [1.29, 1.82) is 5.26 Å². The fraction of sp³-hybridized carbons (Fsp3) is 0.556. The summed E-state index contributed by atoms with van der Waals surface area (Å²) in [6, 6.07) is 6.32. The van der Waals surface area contributed by atoms with Crippen LogP contribution in [0.5, 0.6) is 11.5 Å². The average molecular weight is 380 g/mol. The standard InChI is InChI=1S/C18H24N2O5S/c1-4-13(2)20(15-7-8-26(22,23)12-15)18(21)11-25-16-6-5-14(10-19)9-17(16)24-3/h5-6,9,13,15H,4,7-8,11-12H2,1-3H3/t13-,15-/m1/s1. The van der Waals surface area contributed by atoms with Crippen molar-refractivity contribution in [3.05, 3.63) is 23.8 Å². The van der Waals surface area contributed by atoms with E-state index in [0.717, 1.165) is 6.42 Å². The molecular weight excluding hydrogens is 356 g/mol. The van der Waals surface area contributed by atoms with E-state index in [1.807, 2.05) is 19.9 Å². The third-order valence-corrected chi connectivity index (χ3v) is 6.35. The Kier molecular flexibility index (Phi) is 6.48. The lowest BCUT2D eigenvalue weighted by Gasteiger charge is -2.33. The van der Waals surface area contributed by atoms with Crippen LogP contribution in [-0.2, 0) is 14.6 Å². The van der Waals surface area contributed by atoms with E-state index in [0.29, 0.717) is 23.5 Å². The first-order chi connectivity index (χ1) is 12.3. The molecule has 0 aromatic heterocycles. The predicted molar refractivity (Wildman–Crippen MR) is 96.9 cm³/mol. The molecule has 0 N–H and O–H groups in total. The molecule has 2 atom stereocenters. The van der Waals surface area contributed by atoms with E-state index in [1.54, 1.807) is 17.0 Å². The van der Waals surface area contributed by atoms with Crippen molar-refractivity contribution < 1.29 is 22.7 Å². The molecule has 26 heavy (non-hydrogen) atoms. The number of methoxy groups -OCH3 is 1. The molecule has 0 radical (unpaired) electrons. The highest BCUT2D eigenvalue weighted by molar-refractivity contribution is 7.91. The second kappa shape index (κ2) is 8.41. The van der Waals surface area contributed by atoms with Crippen LogP contribution >= 0.6 is 0 Å². The summed E-state index contributed by atoms with van der Waals surface area (Å²) in [7, 11) is -1.63. The van der Waals surface area contributed by atoms with E-state index in [-0.39, 0.29) is 36.1 Å². The van der Waals surface area contributed by atoms with Gasteiger partial charge in [-0.05, 0) is 31.9 Å². The quantitative estimate of drug-likeness (QED) is 0.715. The number of rotatable bonds is 7. The molecule has 0 saturated carbocycles. The predicted octanol–water partition coefficient (Wildman–Crippen LogP) is 1.76. The second-order valence-electron chi connectivity index (χ2n) is 6.38. The number of carbonyl (C=O) groups excluding carboxylic acids is 1. The molecule has 142 valence electrons. The van der Waals surface area contributed by atoms with Crippen LogP contribution < -0.4 is 9.47 Å². The van der Waals surface area contributed by atoms with Gasteiger partial charge in [-0.15, -0.1) is 0 Å². The van der Waals surface area contributed by atoms with Crippen LogP contribution in [-0.4, -0.2) is 56.5 Å². The summed E-state index contributed by atoms with van der Waals surface area (Å²) in [5, 5.41) is 8.93. The minimum Gasteiger partial charge on any atom is -0.493 e. The van der Waals surface area contributed by atoms with Gasteiger partial charge in [-0.3, -0.25) is 4.79 Å². The maximum Gasteiger partial charge on any atom is 0.261 e. The monoisotopic (exact) mass is 380 g/mol. The van der Waals surface area contributed by atoms with Gasteiger partial charge in [-0.2, -0.15) is 5.26 Å². The van der Waals surface area contributed by atoms with Gasteiger partial charge in [0.15, 0.2) is 27.9 Å². The van der Waals surface area contributed by atoms with Gasteiger partial charge in [0.1, 0.15) is 0 Å². The fourth-order valence-corrected chi connectivity index (χ4v) is 4.78. The number of benzene rings is 1. The van der Waals surface area contributed by atoms with Crippen molar-refractivity contribution in [3.8, 4) is 17.6 Å². The van der Waals surface area contributed by atoms with Gasteiger partial charge < -0.3 is 14.4 Å². The maximum atomic E-state index is 12.8. The van der Waals surface area contributed by atoms with Crippen LogP contribution in [0.2, 0.25) is 0 Å². The Morgan fingerprint density at radius 3 is 2.69 bits per heavy atom. The Morgan fingerprint density at radius 2 is 2.15 bits per heavy atom. The highest BCUT2D eigenvalue weighted by atomic mass is 32.2. The number of hydrogen-bond acceptors (Lipinski definition) is 6. The highest BCUT2D eigenvalue weighted by Gasteiger charge is 2.36. The number of nitrogens with zero attached hydrogens (tertiary/aromatic N) is 2. The van der Waals surface area contributed by atoms with Gasteiger partial charge >= 0.3 is 0 Å². The van der Waals surface area contributed by atoms with Gasteiger partial charge in [0.25, 0.3) is 5.91 Å². The zero-order valence-corrected chi connectivity index (χ0v) is 16.1. The number of amides is 1. The van der Waals surface area contributed by atoms with Crippen molar-refractivity contribution in [2.24, 2.45) is 0 Å². The van der Waals surface area contributed by atoms with Crippen molar-refractivity contribution in [2.45, 2.75) is 38.8 Å². The molecule has 7 nitrogen and oxygen atoms in total. The molecule has 0 spiro atoms. The molecule has 0 aliphatic carbocycles. The maximum absolute atomic E-state index is 12.8. The Balaban J connectivity index is 2.12. The van der Waals surface area contributed by atoms with Gasteiger partial charge in [-0.1, -0.05) is 6.92 Å². The molecule has 0 bridgehead atoms. The van der Waals surface area contributed by atoms with Crippen LogP contribution in [0.25, 0.3) is 0 Å². The Morgan fingerprint density at radius 1 is 1.42 bits per heavy atom. The molecular formula is C18H24N2O5S. The lowest BCUT2D eigenvalue weighted by atomic mass is 10.1. The van der Waals surface area contributed by atoms with Gasteiger partial charge in [0, 0.05) is 18.2 Å². The van der Waals surface area contributed by atoms with Crippen LogP contribution in [0, 0.1) is 11.3 Å². The summed E-state index contributed by atoms with van der Waals surface area (Å²) in [6.45, 7) is 3.65. The molecule has 1 fully saturated rings. The van der Waals surface area contributed by atoms with Crippen LogP contribution in [0.3, 0.4) is 0 Å². The zero-order chi connectivity index (χ0) is 19.3. The topological polar surface area (TPSA) is 96.7 Å². The van der Waals surface area contributed by atoms with E-state index in [9.17, 15) is 13.2 Å². The van der Waals surface area contributed by atoms with Crippen LogP contribution in [0.4, 0.5) is 0 Å². The summed E-state index contributed by atoms with van der Waals surface area (Å²) < 4.78 is 34.4. The average Bonchev–Trinajstić information content (AvgIpc) is 2.98. The van der Waals surface area contributed by atoms with E-state index in [1.165, 1.54) is 13.2 Å². The number of sulfone groups is 1. The molecule has 1 aromatic rings. The fourth-order valence-electron chi connectivity index (χ4n) is 3.07. The summed E-state index contributed by atoms with van der Waals surface area (Å²) in [5.74, 6) is 0.595. The first kappa shape index (κ1) is 20.0. The minimum atomic E-state index is -3.09. The SMILES string of the molecule is CC[C@@H](C)N(C(=O)COc1ccc(C#N)cc1OC)[C@@H]1CCS(=O)(=O)C1. The normalized spacial score (nSPS) is 19.4. The van der Waals surface area contributed by atoms with Crippen molar-refractivity contribution in [2.75, 3.05) is 25.2 Å². The molecule has 1 aromatic carbocycles. The van der Waals surface area contributed by atoms with E-state index < -0.39 is 9.84 Å². The minimum absolute atomic E-state index is 0.00324. The number of nitriles is 1. The molecule has 8 heteroatoms. The molecule has 1 heterocycles. The number of hydrogen-bond donors (Lipinski definition) is 0. The van der Waals surface area contributed by atoms with Crippen LogP contribution in [0.1, 0.15) is 32.3 Å². The molecule has 1 aliphatic rings. The Bertz CT molecular complexity index is 800. The van der Waals surface area contributed by atoms with Crippen molar-refractivity contribution in [1.82, 2.24) is 4.90 Å². The zero-order valence-electron chi connectivity index (χ0n) is 15.3. The third-order valence-electron chi connectivity index (χ3n) is 4.60. The smallest absolute Gasteiger partial charge is 0.261 e. The molecule has 1 saturated heterocycles. The van der Waals surface area contributed by atoms with Crippen LogP contribution in [0.15, 0.2) is 18.2 Å². The molecule has 1 aliphatic heterocycles. The van der Waals surface area contributed by atoms with Gasteiger partial charge in [0.05, 0.1) is 30.2 Å². The summed E-state index contributed by atoms with van der Waals surface area (Å²) in [4.78, 5) is 14.4. The number of ether oxygens (including phenoxy) is 2. The Hall–Kier alpha value is -2.27. The lowest BCUT2D eigenvalue weighted by Crippen LogP contribution is -2.48. The molecule has 1 amide bonds. The van der Waals surface area contributed by atoms with Crippen molar-refractivity contribution >= 4 is 15.7 Å². The van der Waals surface area contributed by atoms with E-state index in [4.69, 9.17) is 14.7 Å². The van der Waals surface area contributed by atoms with E-state index >= 15 is 0 Å². The second-order valence-corrected chi connectivity index (χ2v) is 8.61. The third kappa shape index (κ3) is 4.67. The summed E-state index contributed by atoms with van der Waals surface area (Å²) >= 11 is 0. The number of carbonyl (C=O) groups is 1. The Labute approximate surface area is 154 Å². The first-order valence-electron chi connectivity index (χ1n) is 8.53. The van der Waals surface area contributed by atoms with Gasteiger partial charge in [0.2, 0.25) is 0 Å². The van der Waals surface area contributed by atoms with E-state index in [2.05, 4.69) is 0 Å². The summed E-state index contributed by atoms with van der Waals surface area (Å²) in [5.41, 5.74) is 0.429. The molecule has 0 unspecified atom stereocenters. The largest absolute Gasteiger partial charge is 0.493 e. The summed E-state index contributed by atoms with van der Waals surface area (Å²) in [6.07, 6.45) is 1.18.